The highest BCUT2D eigenvalue weighted by atomic mass is 19.4. The Kier molecular flexibility index (Phi) is 8.48. The van der Waals surface area contributed by atoms with Gasteiger partial charge in [0.15, 0.2) is 0 Å². The fourth-order valence-corrected chi connectivity index (χ4v) is 4.60. The Morgan fingerprint density at radius 1 is 0.816 bits per heavy atom. The van der Waals surface area contributed by atoms with Crippen LogP contribution in [0.3, 0.4) is 0 Å². The second-order valence-electron chi connectivity index (χ2n) is 9.06. The minimum absolute atomic E-state index is 0.0942. The second kappa shape index (κ2) is 12.0. The fourth-order valence-electron chi connectivity index (χ4n) is 4.60. The van der Waals surface area contributed by atoms with Gasteiger partial charge in [-0.1, -0.05) is 91.0 Å². The summed E-state index contributed by atoms with van der Waals surface area (Å²) in [5, 5.41) is 9.89. The summed E-state index contributed by atoms with van der Waals surface area (Å²) in [6.07, 6.45) is -4.88. The molecule has 0 saturated heterocycles. The summed E-state index contributed by atoms with van der Waals surface area (Å²) in [7, 11) is 0. The van der Waals surface area contributed by atoms with Gasteiger partial charge in [-0.3, -0.25) is 9.69 Å². The molecule has 0 fully saturated rings. The molecule has 4 nitrogen and oxygen atoms in total. The van der Waals surface area contributed by atoms with Gasteiger partial charge in [0, 0.05) is 18.6 Å². The van der Waals surface area contributed by atoms with Gasteiger partial charge in [0.1, 0.15) is 5.75 Å². The van der Waals surface area contributed by atoms with Gasteiger partial charge >= 0.3 is 12.3 Å². The van der Waals surface area contributed by atoms with E-state index in [4.69, 9.17) is 0 Å². The largest absolute Gasteiger partial charge is 0.573 e. The van der Waals surface area contributed by atoms with Crippen LogP contribution < -0.4 is 4.74 Å². The van der Waals surface area contributed by atoms with Gasteiger partial charge in [-0.05, 0) is 52.9 Å². The van der Waals surface area contributed by atoms with Gasteiger partial charge in [-0.15, -0.1) is 13.2 Å². The molecule has 0 heterocycles. The molecular weight excluding hydrogens is 491 g/mol. The van der Waals surface area contributed by atoms with Gasteiger partial charge in [-0.2, -0.15) is 0 Å². The van der Waals surface area contributed by atoms with Crippen LogP contribution in [0.25, 0.3) is 11.1 Å². The molecule has 0 aliphatic carbocycles. The highest BCUT2D eigenvalue weighted by Crippen LogP contribution is 2.36. The number of hydrogen-bond acceptors (Lipinski definition) is 3. The molecule has 196 valence electrons. The fraction of sp³-hybridized carbons (Fsp3) is 0.194. The zero-order chi connectivity index (χ0) is 27.1. The van der Waals surface area contributed by atoms with Crippen molar-refractivity contribution in [2.75, 3.05) is 0 Å². The lowest BCUT2D eigenvalue weighted by atomic mass is 9.94. The topological polar surface area (TPSA) is 49.8 Å². The van der Waals surface area contributed by atoms with Crippen molar-refractivity contribution in [3.63, 3.8) is 0 Å². The average molecular weight is 520 g/mol. The summed E-state index contributed by atoms with van der Waals surface area (Å²) in [6.45, 7) is 2.60. The predicted molar refractivity (Wildman–Crippen MR) is 140 cm³/mol. The van der Waals surface area contributed by atoms with Crippen molar-refractivity contribution in [1.29, 1.82) is 0 Å². The molecule has 4 rings (SSSR count). The lowest BCUT2D eigenvalue weighted by molar-refractivity contribution is -0.274. The van der Waals surface area contributed by atoms with Crippen molar-refractivity contribution in [1.82, 2.24) is 4.90 Å². The minimum atomic E-state index is -4.76. The molecule has 1 N–H and O–H groups in total. The van der Waals surface area contributed by atoms with Crippen LogP contribution in [0.15, 0.2) is 109 Å². The van der Waals surface area contributed by atoms with Crippen molar-refractivity contribution in [2.45, 2.75) is 38.3 Å². The van der Waals surface area contributed by atoms with Crippen molar-refractivity contribution in [3.05, 3.63) is 126 Å². The van der Waals surface area contributed by atoms with Gasteiger partial charge in [0.2, 0.25) is 0 Å². The van der Waals surface area contributed by atoms with E-state index < -0.39 is 18.4 Å². The number of ether oxygens (including phenoxy) is 1. The maximum Gasteiger partial charge on any atom is 0.573 e. The Bertz CT molecular complexity index is 1330. The maximum absolute atomic E-state index is 12.6. The Morgan fingerprint density at radius 3 is 2.03 bits per heavy atom. The highest BCUT2D eigenvalue weighted by Gasteiger charge is 2.31. The first-order chi connectivity index (χ1) is 18.2. The van der Waals surface area contributed by atoms with Crippen molar-refractivity contribution in [2.24, 2.45) is 0 Å². The van der Waals surface area contributed by atoms with E-state index in [1.165, 1.54) is 12.1 Å². The third-order valence-electron chi connectivity index (χ3n) is 6.45. The number of carboxylic acids is 1. The third-order valence-corrected chi connectivity index (χ3v) is 6.45. The lowest BCUT2D eigenvalue weighted by Gasteiger charge is -2.37. The monoisotopic (exact) mass is 519 g/mol. The first-order valence-electron chi connectivity index (χ1n) is 12.2. The SMILES string of the molecule is C[C@H](c1ccccc1)N(Cc1ccccc1)[C@@H](CC(=O)O)c1cccc(-c2ccc(OC(F)(F)F)cc2)c1. The number of carbonyl (C=O) groups is 1. The Hall–Kier alpha value is -4.10. The van der Waals surface area contributed by atoms with Gasteiger partial charge in [-0.25, -0.2) is 0 Å². The van der Waals surface area contributed by atoms with Crippen LogP contribution in [0.5, 0.6) is 5.75 Å². The number of alkyl halides is 3. The van der Waals surface area contributed by atoms with E-state index in [0.717, 1.165) is 22.3 Å². The van der Waals surface area contributed by atoms with E-state index in [-0.39, 0.29) is 18.2 Å². The van der Waals surface area contributed by atoms with Crippen molar-refractivity contribution < 1.29 is 27.8 Å². The van der Waals surface area contributed by atoms with E-state index in [9.17, 15) is 23.1 Å². The molecule has 0 bridgehead atoms. The van der Waals surface area contributed by atoms with Crippen LogP contribution >= 0.6 is 0 Å². The van der Waals surface area contributed by atoms with Crippen molar-refractivity contribution in [3.8, 4) is 16.9 Å². The number of rotatable bonds is 10. The Labute approximate surface area is 219 Å². The number of hydrogen-bond donors (Lipinski definition) is 1. The number of aliphatic carboxylic acids is 1. The first-order valence-corrected chi connectivity index (χ1v) is 12.2. The summed E-state index contributed by atoms with van der Waals surface area (Å²) < 4.78 is 41.6. The van der Waals surface area contributed by atoms with E-state index in [2.05, 4.69) is 16.6 Å². The smallest absolute Gasteiger partial charge is 0.481 e. The molecule has 0 aromatic heterocycles. The number of benzene rings is 4. The van der Waals surface area contributed by atoms with Crippen LogP contribution in [0.4, 0.5) is 13.2 Å². The molecule has 0 unspecified atom stereocenters. The predicted octanol–water partition coefficient (Wildman–Crippen LogP) is 8.03. The summed E-state index contributed by atoms with van der Waals surface area (Å²) in [6, 6.07) is 32.4. The Balaban J connectivity index is 1.71. The molecule has 0 radical (unpaired) electrons. The molecule has 4 aromatic carbocycles. The summed E-state index contributed by atoms with van der Waals surface area (Å²) in [5.41, 5.74) is 4.39. The molecular formula is C31H28F3NO3. The molecule has 2 atom stereocenters. The molecule has 38 heavy (non-hydrogen) atoms. The van der Waals surface area contributed by atoms with Gasteiger partial charge in [0.25, 0.3) is 0 Å². The van der Waals surface area contributed by atoms with E-state index in [1.54, 1.807) is 12.1 Å². The van der Waals surface area contributed by atoms with Crippen LogP contribution in [0.2, 0.25) is 0 Å². The Morgan fingerprint density at radius 2 is 1.42 bits per heavy atom. The molecule has 0 amide bonds. The van der Waals surface area contributed by atoms with Crippen LogP contribution in [0, 0.1) is 0 Å². The molecule has 0 spiro atoms. The van der Waals surface area contributed by atoms with Crippen molar-refractivity contribution >= 4 is 5.97 Å². The molecule has 4 aromatic rings. The minimum Gasteiger partial charge on any atom is -0.481 e. The third kappa shape index (κ3) is 7.23. The molecule has 0 saturated carbocycles. The lowest BCUT2D eigenvalue weighted by Crippen LogP contribution is -2.32. The van der Waals surface area contributed by atoms with E-state index in [0.29, 0.717) is 12.1 Å². The molecule has 0 aliphatic rings. The van der Waals surface area contributed by atoms with Gasteiger partial charge in [0.05, 0.1) is 6.42 Å². The summed E-state index contributed by atoms with van der Waals surface area (Å²) >= 11 is 0. The van der Waals surface area contributed by atoms with E-state index in [1.807, 2.05) is 84.9 Å². The zero-order valence-corrected chi connectivity index (χ0v) is 20.8. The quantitative estimate of drug-likeness (QED) is 0.230. The average Bonchev–Trinajstić information content (AvgIpc) is 2.91. The van der Waals surface area contributed by atoms with Crippen LogP contribution in [0.1, 0.15) is 42.1 Å². The van der Waals surface area contributed by atoms with E-state index >= 15 is 0 Å². The first kappa shape index (κ1) is 26.9. The summed E-state index contributed by atoms with van der Waals surface area (Å²) in [4.78, 5) is 14.3. The standard InChI is InChI=1S/C31H28F3NO3/c1-22(24-11-6-3-7-12-24)35(21-23-9-4-2-5-10-23)29(20-30(36)37)27-14-8-13-26(19-27)25-15-17-28(18-16-25)38-31(32,33)34/h2-19,22,29H,20-21H2,1H3,(H,36,37)/t22-,29+/m1/s1. The molecule has 7 heteroatoms. The van der Waals surface area contributed by atoms with Crippen LogP contribution in [-0.4, -0.2) is 22.3 Å². The van der Waals surface area contributed by atoms with Gasteiger partial charge < -0.3 is 9.84 Å². The maximum atomic E-state index is 12.6. The zero-order valence-electron chi connectivity index (χ0n) is 20.8. The highest BCUT2D eigenvalue weighted by molar-refractivity contribution is 5.69. The van der Waals surface area contributed by atoms with Crippen LogP contribution in [-0.2, 0) is 11.3 Å². The number of nitrogens with zero attached hydrogens (tertiary/aromatic N) is 1. The number of halogens is 3. The molecule has 0 aliphatic heterocycles. The number of carboxylic acid groups (broad SMARTS) is 1. The summed E-state index contributed by atoms with van der Waals surface area (Å²) in [5.74, 6) is -1.22. The second-order valence-corrected chi connectivity index (χ2v) is 9.06. The normalized spacial score (nSPS) is 13.2.